The molecule has 0 aliphatic rings. The Morgan fingerprint density at radius 1 is 0.875 bits per heavy atom. The van der Waals surface area contributed by atoms with Gasteiger partial charge in [-0.05, 0) is 38.8 Å². The fourth-order valence-electron chi connectivity index (χ4n) is 2.24. The van der Waals surface area contributed by atoms with Gasteiger partial charge in [-0.2, -0.15) is 0 Å². The number of benzene rings is 2. The molecule has 0 N–H and O–H groups in total. The minimum Gasteiger partial charge on any atom is -0.487 e. The van der Waals surface area contributed by atoms with Crippen LogP contribution in [0.3, 0.4) is 0 Å². The predicted octanol–water partition coefficient (Wildman–Crippen LogP) is 5.27. The third-order valence-electron chi connectivity index (χ3n) is 4.06. The van der Waals surface area contributed by atoms with Gasteiger partial charge in [0.15, 0.2) is 17.3 Å². The highest BCUT2D eigenvalue weighted by Gasteiger charge is 2.21. The molecule has 0 aliphatic carbocycles. The van der Waals surface area contributed by atoms with Crippen molar-refractivity contribution in [3.05, 3.63) is 59.7 Å². The summed E-state index contributed by atoms with van der Waals surface area (Å²) < 4.78 is 12.1. The first-order valence-electron chi connectivity index (χ1n) is 8.62. The van der Waals surface area contributed by atoms with Gasteiger partial charge in [0.2, 0.25) is 0 Å². The number of ether oxygens (including phenoxy) is 2. The SMILES string of the molecule is CCC(C)Oc1cccc(C(=O)c2ccccc2)c1OC(C)CC. The van der Waals surface area contributed by atoms with E-state index in [9.17, 15) is 4.79 Å². The Balaban J connectivity index is 2.45. The Bertz CT molecular complexity index is 664. The lowest BCUT2D eigenvalue weighted by molar-refractivity contribution is 0.102. The summed E-state index contributed by atoms with van der Waals surface area (Å²) >= 11 is 0. The molecule has 2 rings (SSSR count). The first-order chi connectivity index (χ1) is 11.6. The molecule has 24 heavy (non-hydrogen) atoms. The van der Waals surface area contributed by atoms with Gasteiger partial charge < -0.3 is 9.47 Å². The van der Waals surface area contributed by atoms with Crippen molar-refractivity contribution in [3.63, 3.8) is 0 Å². The maximum atomic E-state index is 12.9. The zero-order chi connectivity index (χ0) is 17.5. The summed E-state index contributed by atoms with van der Waals surface area (Å²) in [6.45, 7) is 8.13. The molecule has 3 heteroatoms. The summed E-state index contributed by atoms with van der Waals surface area (Å²) in [5.41, 5.74) is 1.19. The van der Waals surface area contributed by atoms with E-state index in [4.69, 9.17) is 9.47 Å². The Labute approximate surface area is 144 Å². The molecular weight excluding hydrogens is 300 g/mol. The third-order valence-corrected chi connectivity index (χ3v) is 4.06. The number of rotatable bonds is 8. The molecule has 0 aromatic heterocycles. The number of ketones is 1. The van der Waals surface area contributed by atoms with Crippen molar-refractivity contribution in [2.24, 2.45) is 0 Å². The monoisotopic (exact) mass is 326 g/mol. The summed E-state index contributed by atoms with van der Waals surface area (Å²) in [5.74, 6) is 1.12. The summed E-state index contributed by atoms with van der Waals surface area (Å²) in [7, 11) is 0. The van der Waals surface area contributed by atoms with E-state index in [1.54, 1.807) is 6.07 Å². The standard InChI is InChI=1S/C21H26O3/c1-5-15(3)23-19-14-10-13-18(21(19)24-16(4)6-2)20(22)17-11-8-7-9-12-17/h7-16H,5-6H2,1-4H3. The molecule has 2 aromatic carbocycles. The number of hydrogen-bond donors (Lipinski definition) is 0. The summed E-state index contributed by atoms with van der Waals surface area (Å²) in [6, 6.07) is 14.8. The molecule has 128 valence electrons. The Morgan fingerprint density at radius 2 is 1.50 bits per heavy atom. The van der Waals surface area contributed by atoms with E-state index in [0.717, 1.165) is 12.8 Å². The van der Waals surface area contributed by atoms with Crippen LogP contribution in [0.1, 0.15) is 56.5 Å². The fraction of sp³-hybridized carbons (Fsp3) is 0.381. The Morgan fingerprint density at radius 3 is 2.12 bits per heavy atom. The average molecular weight is 326 g/mol. The van der Waals surface area contributed by atoms with E-state index in [2.05, 4.69) is 13.8 Å². The van der Waals surface area contributed by atoms with Gasteiger partial charge in [0, 0.05) is 5.56 Å². The first kappa shape index (κ1) is 18.1. The zero-order valence-corrected chi connectivity index (χ0v) is 14.9. The van der Waals surface area contributed by atoms with Crippen LogP contribution in [0.5, 0.6) is 11.5 Å². The molecule has 0 radical (unpaired) electrons. The van der Waals surface area contributed by atoms with Crippen molar-refractivity contribution in [1.82, 2.24) is 0 Å². The fourth-order valence-corrected chi connectivity index (χ4v) is 2.24. The van der Waals surface area contributed by atoms with Crippen molar-refractivity contribution in [2.75, 3.05) is 0 Å². The topological polar surface area (TPSA) is 35.5 Å². The lowest BCUT2D eigenvalue weighted by atomic mass is 10.0. The van der Waals surface area contributed by atoms with Crippen molar-refractivity contribution in [1.29, 1.82) is 0 Å². The van der Waals surface area contributed by atoms with Gasteiger partial charge in [-0.25, -0.2) is 0 Å². The van der Waals surface area contributed by atoms with Crippen LogP contribution in [0, 0.1) is 0 Å². The van der Waals surface area contributed by atoms with Crippen molar-refractivity contribution in [3.8, 4) is 11.5 Å². The average Bonchev–Trinajstić information content (AvgIpc) is 2.62. The maximum Gasteiger partial charge on any atom is 0.196 e. The van der Waals surface area contributed by atoms with Crippen LogP contribution >= 0.6 is 0 Å². The first-order valence-corrected chi connectivity index (χ1v) is 8.62. The van der Waals surface area contributed by atoms with E-state index in [-0.39, 0.29) is 18.0 Å². The van der Waals surface area contributed by atoms with E-state index in [1.165, 1.54) is 0 Å². The van der Waals surface area contributed by atoms with Gasteiger partial charge >= 0.3 is 0 Å². The van der Waals surface area contributed by atoms with Gasteiger partial charge in [-0.15, -0.1) is 0 Å². The molecule has 2 unspecified atom stereocenters. The second-order valence-electron chi connectivity index (χ2n) is 6.00. The number of carbonyl (C=O) groups excluding carboxylic acids is 1. The second kappa shape index (κ2) is 8.53. The van der Waals surface area contributed by atoms with Gasteiger partial charge in [0.1, 0.15) is 0 Å². The zero-order valence-electron chi connectivity index (χ0n) is 14.9. The molecule has 3 nitrogen and oxygen atoms in total. The molecule has 0 bridgehead atoms. The van der Waals surface area contributed by atoms with Crippen molar-refractivity contribution >= 4 is 5.78 Å². The van der Waals surface area contributed by atoms with Crippen molar-refractivity contribution in [2.45, 2.75) is 52.7 Å². The Kier molecular flexibility index (Phi) is 6.42. The van der Waals surface area contributed by atoms with E-state index >= 15 is 0 Å². The number of carbonyl (C=O) groups is 1. The highest BCUT2D eigenvalue weighted by molar-refractivity contribution is 6.11. The van der Waals surface area contributed by atoms with Crippen LogP contribution in [-0.4, -0.2) is 18.0 Å². The molecule has 2 aromatic rings. The normalized spacial score (nSPS) is 13.2. The highest BCUT2D eigenvalue weighted by atomic mass is 16.5. The number of para-hydroxylation sites is 1. The smallest absolute Gasteiger partial charge is 0.196 e. The second-order valence-corrected chi connectivity index (χ2v) is 6.00. The molecule has 0 spiro atoms. The maximum absolute atomic E-state index is 12.9. The molecule has 0 saturated carbocycles. The minimum atomic E-state index is -0.0523. The lowest BCUT2D eigenvalue weighted by Gasteiger charge is -2.21. The van der Waals surface area contributed by atoms with Crippen LogP contribution in [0.25, 0.3) is 0 Å². The Hall–Kier alpha value is -2.29. The third kappa shape index (κ3) is 4.38. The number of hydrogen-bond acceptors (Lipinski definition) is 3. The van der Waals surface area contributed by atoms with Crippen LogP contribution in [0.2, 0.25) is 0 Å². The predicted molar refractivity (Wildman–Crippen MR) is 97.1 cm³/mol. The molecule has 2 atom stereocenters. The summed E-state index contributed by atoms with van der Waals surface area (Å²) in [5, 5.41) is 0. The molecule has 0 aliphatic heterocycles. The highest BCUT2D eigenvalue weighted by Crippen LogP contribution is 2.35. The van der Waals surface area contributed by atoms with Crippen LogP contribution in [-0.2, 0) is 0 Å². The quantitative estimate of drug-likeness (QED) is 0.620. The van der Waals surface area contributed by atoms with Crippen molar-refractivity contribution < 1.29 is 14.3 Å². The molecular formula is C21H26O3. The van der Waals surface area contributed by atoms with Gasteiger partial charge in [-0.3, -0.25) is 4.79 Å². The minimum absolute atomic E-state index is 0.00834. The van der Waals surface area contributed by atoms with E-state index < -0.39 is 0 Å². The lowest BCUT2D eigenvalue weighted by Crippen LogP contribution is -2.17. The summed E-state index contributed by atoms with van der Waals surface area (Å²) in [4.78, 5) is 12.9. The van der Waals surface area contributed by atoms with Crippen LogP contribution in [0.4, 0.5) is 0 Å². The van der Waals surface area contributed by atoms with Crippen LogP contribution in [0.15, 0.2) is 48.5 Å². The van der Waals surface area contributed by atoms with Gasteiger partial charge in [-0.1, -0.05) is 50.2 Å². The molecule has 0 heterocycles. The summed E-state index contributed by atoms with van der Waals surface area (Å²) in [6.07, 6.45) is 1.82. The largest absolute Gasteiger partial charge is 0.487 e. The van der Waals surface area contributed by atoms with Crippen LogP contribution < -0.4 is 9.47 Å². The van der Waals surface area contributed by atoms with E-state index in [1.807, 2.05) is 56.3 Å². The molecule has 0 saturated heterocycles. The molecule has 0 fully saturated rings. The van der Waals surface area contributed by atoms with E-state index in [0.29, 0.717) is 22.6 Å². The molecule has 0 amide bonds. The van der Waals surface area contributed by atoms with Gasteiger partial charge in [0.25, 0.3) is 0 Å². The van der Waals surface area contributed by atoms with Gasteiger partial charge in [0.05, 0.1) is 17.8 Å².